The van der Waals surface area contributed by atoms with Crippen molar-refractivity contribution < 1.29 is 41.4 Å². The molecule has 0 aromatic heterocycles. The number of rotatable bonds is 6. The Morgan fingerprint density at radius 3 is 2.49 bits per heavy atom. The zero-order valence-corrected chi connectivity index (χ0v) is 19.8. The Morgan fingerprint density at radius 1 is 1.19 bits per heavy atom. The number of aliphatic carboxylic acids is 1. The number of benzene rings is 2. The third-order valence-electron chi connectivity index (χ3n) is 5.99. The number of carbonyl (C=O) groups is 2. The number of hydrogen-bond acceptors (Lipinski definition) is 6. The summed E-state index contributed by atoms with van der Waals surface area (Å²) in [6.45, 7) is -1.45. The molecule has 0 radical (unpaired) electrons. The summed E-state index contributed by atoms with van der Waals surface area (Å²) < 4.78 is 75.2. The van der Waals surface area contributed by atoms with Gasteiger partial charge in [-0.1, -0.05) is 17.7 Å². The Bertz CT molecular complexity index is 1330. The van der Waals surface area contributed by atoms with E-state index in [0.717, 1.165) is 36.3 Å². The predicted octanol–water partition coefficient (Wildman–Crippen LogP) is 4.07. The fourth-order valence-electron chi connectivity index (χ4n) is 4.33. The Labute approximate surface area is 212 Å². The van der Waals surface area contributed by atoms with Gasteiger partial charge in [-0.05, 0) is 24.3 Å². The normalized spacial score (nSPS) is 21.4. The van der Waals surface area contributed by atoms with Gasteiger partial charge in [0.05, 0.1) is 24.8 Å². The molecule has 0 amide bonds. The van der Waals surface area contributed by atoms with Crippen LogP contribution in [0.2, 0.25) is 5.02 Å². The fraction of sp³-hybridized carbons (Fsp3) is 0.292. The molecule has 13 heteroatoms. The summed E-state index contributed by atoms with van der Waals surface area (Å²) in [5, 5.41) is 12.0. The number of halogens is 6. The van der Waals surface area contributed by atoms with Crippen LogP contribution >= 0.6 is 11.6 Å². The predicted molar refractivity (Wildman–Crippen MR) is 122 cm³/mol. The molecule has 0 unspecified atom stereocenters. The van der Waals surface area contributed by atoms with E-state index in [0.29, 0.717) is 6.07 Å². The Morgan fingerprint density at radius 2 is 1.86 bits per heavy atom. The van der Waals surface area contributed by atoms with Gasteiger partial charge in [0.25, 0.3) is 5.92 Å². The Kier molecular flexibility index (Phi) is 7.24. The van der Waals surface area contributed by atoms with Crippen LogP contribution in [0.15, 0.2) is 52.7 Å². The van der Waals surface area contributed by atoms with Crippen LogP contribution in [-0.4, -0.2) is 59.9 Å². The molecule has 1 fully saturated rings. The number of ether oxygens (including phenoxy) is 1. The minimum Gasteiger partial charge on any atom is -0.480 e. The van der Waals surface area contributed by atoms with Gasteiger partial charge in [0.2, 0.25) is 0 Å². The zero-order chi connectivity index (χ0) is 27.1. The Hall–Kier alpha value is -3.51. The highest BCUT2D eigenvalue weighted by atomic mass is 35.5. The van der Waals surface area contributed by atoms with Crippen LogP contribution in [-0.2, 0) is 14.3 Å². The van der Waals surface area contributed by atoms with E-state index in [9.17, 15) is 36.6 Å². The van der Waals surface area contributed by atoms with Crippen molar-refractivity contribution >= 4 is 29.4 Å². The van der Waals surface area contributed by atoms with Gasteiger partial charge < -0.3 is 15.2 Å². The molecule has 2 aliphatic rings. The topological polar surface area (TPSA) is 91.2 Å². The molecule has 37 heavy (non-hydrogen) atoms. The maximum atomic E-state index is 14.7. The lowest BCUT2D eigenvalue weighted by molar-refractivity contribution is -0.142. The third-order valence-corrected chi connectivity index (χ3v) is 6.32. The summed E-state index contributed by atoms with van der Waals surface area (Å²) in [6.07, 6.45) is -0.954. The molecule has 0 aliphatic carbocycles. The smallest absolute Gasteiger partial charge is 0.338 e. The van der Waals surface area contributed by atoms with E-state index in [-0.39, 0.29) is 33.3 Å². The van der Waals surface area contributed by atoms with E-state index in [1.807, 2.05) is 0 Å². The number of carboxylic acids is 1. The van der Waals surface area contributed by atoms with E-state index in [2.05, 4.69) is 10.3 Å². The van der Waals surface area contributed by atoms with Crippen molar-refractivity contribution in [3.8, 4) is 0 Å². The molecule has 2 aliphatic heterocycles. The standard InChI is InChI=1S/C24H19ClF5N3O4/c1-37-23(36)19-17(9-33-10-24(29,30)8-18(33)22(34)35)31-21(14-5-3-12(27)7-16(14)28)32-20(19)13-4-2-11(26)6-15(13)25/h2-7,18,20H,8-10H2,1H3,(H,31,32)(H,34,35)/t18-,20-/m0/s1. The highest BCUT2D eigenvalue weighted by Crippen LogP contribution is 2.38. The first-order valence-electron chi connectivity index (χ1n) is 10.8. The first-order chi connectivity index (χ1) is 17.4. The molecule has 2 aromatic carbocycles. The second-order valence-corrected chi connectivity index (χ2v) is 8.91. The minimum atomic E-state index is -3.32. The molecule has 2 heterocycles. The summed E-state index contributed by atoms with van der Waals surface area (Å²) >= 11 is 6.23. The van der Waals surface area contributed by atoms with Crippen LogP contribution in [0.1, 0.15) is 23.6 Å². The van der Waals surface area contributed by atoms with Gasteiger partial charge in [-0.15, -0.1) is 0 Å². The number of alkyl halides is 2. The van der Waals surface area contributed by atoms with Gasteiger partial charge in [-0.25, -0.2) is 26.7 Å². The number of aliphatic imine (C=N–C) groups is 1. The molecule has 0 saturated carbocycles. The van der Waals surface area contributed by atoms with E-state index in [4.69, 9.17) is 16.3 Å². The summed E-state index contributed by atoms with van der Waals surface area (Å²) in [6, 6.07) is 2.97. The van der Waals surface area contributed by atoms with Crippen LogP contribution in [0.3, 0.4) is 0 Å². The summed E-state index contributed by atoms with van der Waals surface area (Å²) in [5.74, 6) is -8.58. The SMILES string of the molecule is COC(=O)C1=C(CN2CC(F)(F)C[C@H]2C(=O)O)NC(c2ccc(F)cc2F)=N[C@H]1c1ccc(F)cc1Cl. The largest absolute Gasteiger partial charge is 0.480 e. The van der Waals surface area contributed by atoms with Crippen LogP contribution < -0.4 is 5.32 Å². The van der Waals surface area contributed by atoms with Crippen molar-refractivity contribution in [1.29, 1.82) is 0 Å². The number of carboxylic acid groups (broad SMARTS) is 1. The third kappa shape index (κ3) is 5.44. The lowest BCUT2D eigenvalue weighted by Gasteiger charge is -2.31. The number of methoxy groups -OCH3 is 1. The molecule has 0 bridgehead atoms. The quantitative estimate of drug-likeness (QED) is 0.422. The first-order valence-corrected chi connectivity index (χ1v) is 11.2. The number of amidine groups is 1. The van der Waals surface area contributed by atoms with Crippen LogP contribution in [0.5, 0.6) is 0 Å². The molecular weight excluding hydrogens is 525 g/mol. The molecular formula is C24H19ClF5N3O4. The molecule has 7 nitrogen and oxygen atoms in total. The van der Waals surface area contributed by atoms with Gasteiger partial charge >= 0.3 is 11.9 Å². The van der Waals surface area contributed by atoms with Crippen molar-refractivity contribution in [3.05, 3.63) is 81.3 Å². The van der Waals surface area contributed by atoms with Crippen LogP contribution in [0.4, 0.5) is 22.0 Å². The second kappa shape index (κ2) is 10.1. The average Bonchev–Trinajstić information content (AvgIpc) is 3.12. The number of likely N-dealkylation sites (tertiary alicyclic amines) is 1. The van der Waals surface area contributed by atoms with Crippen molar-refractivity contribution in [2.75, 3.05) is 20.2 Å². The number of nitrogens with one attached hydrogen (secondary N) is 1. The van der Waals surface area contributed by atoms with Crippen LogP contribution in [0.25, 0.3) is 0 Å². The van der Waals surface area contributed by atoms with Crippen molar-refractivity contribution in [3.63, 3.8) is 0 Å². The second-order valence-electron chi connectivity index (χ2n) is 8.50. The van der Waals surface area contributed by atoms with Gasteiger partial charge in [-0.2, -0.15) is 0 Å². The highest BCUT2D eigenvalue weighted by molar-refractivity contribution is 6.31. The lowest BCUT2D eigenvalue weighted by Crippen LogP contribution is -2.43. The molecule has 196 valence electrons. The first kappa shape index (κ1) is 26.6. The van der Waals surface area contributed by atoms with E-state index in [1.165, 1.54) is 6.07 Å². The fourth-order valence-corrected chi connectivity index (χ4v) is 4.60. The van der Waals surface area contributed by atoms with Gasteiger partial charge in [-0.3, -0.25) is 14.7 Å². The van der Waals surface area contributed by atoms with E-state index in [1.54, 1.807) is 0 Å². The molecule has 2 aromatic rings. The molecule has 1 saturated heterocycles. The van der Waals surface area contributed by atoms with Crippen molar-refractivity contribution in [1.82, 2.24) is 10.2 Å². The van der Waals surface area contributed by atoms with Crippen LogP contribution in [0, 0.1) is 17.5 Å². The lowest BCUT2D eigenvalue weighted by atomic mass is 9.94. The highest BCUT2D eigenvalue weighted by Gasteiger charge is 2.49. The average molecular weight is 544 g/mol. The van der Waals surface area contributed by atoms with Crippen molar-refractivity contribution in [2.45, 2.75) is 24.4 Å². The number of esters is 1. The number of carbonyl (C=O) groups excluding carboxylic acids is 1. The molecule has 2 N–H and O–H groups in total. The molecule has 4 rings (SSSR count). The summed E-state index contributed by atoms with van der Waals surface area (Å²) in [7, 11) is 1.05. The maximum Gasteiger partial charge on any atom is 0.338 e. The maximum absolute atomic E-state index is 14.7. The molecule has 0 spiro atoms. The minimum absolute atomic E-state index is 0.101. The van der Waals surface area contributed by atoms with Gasteiger partial charge in [0.1, 0.15) is 35.4 Å². The molecule has 2 atom stereocenters. The van der Waals surface area contributed by atoms with Crippen molar-refractivity contribution in [2.24, 2.45) is 4.99 Å². The van der Waals surface area contributed by atoms with E-state index >= 15 is 0 Å². The van der Waals surface area contributed by atoms with E-state index < -0.39 is 66.9 Å². The van der Waals surface area contributed by atoms with Gasteiger partial charge in [0, 0.05) is 35.3 Å². The summed E-state index contributed by atoms with van der Waals surface area (Å²) in [4.78, 5) is 29.9. The van der Waals surface area contributed by atoms with Gasteiger partial charge in [0.15, 0.2) is 0 Å². The summed E-state index contributed by atoms with van der Waals surface area (Å²) in [5.41, 5.74) is -0.479. The Balaban J connectivity index is 1.88. The number of hydrogen-bond donors (Lipinski definition) is 2. The zero-order valence-electron chi connectivity index (χ0n) is 19.1. The monoisotopic (exact) mass is 543 g/mol. The number of nitrogens with zero attached hydrogens (tertiary/aromatic N) is 2.